The summed E-state index contributed by atoms with van der Waals surface area (Å²) in [5, 5.41) is 25.2. The molecule has 0 bridgehead atoms. The van der Waals surface area contributed by atoms with Gasteiger partial charge in [-0.2, -0.15) is 10.1 Å². The number of non-ortho nitro benzene ring substituents is 1. The number of nitrogens with zero attached hydrogens (tertiary/aromatic N) is 3. The van der Waals surface area contributed by atoms with Gasteiger partial charge in [0.05, 0.1) is 27.5 Å². The molecule has 0 spiro atoms. The number of anilines is 1. The van der Waals surface area contributed by atoms with E-state index >= 15 is 0 Å². The monoisotopic (exact) mass is 444 g/mol. The maximum Gasteiger partial charge on any atom is 0.335 e. The number of carboxylic acids is 1. The number of carbonyl (C=O) groups excluding carboxylic acids is 2. The van der Waals surface area contributed by atoms with Gasteiger partial charge in [0.2, 0.25) is 0 Å². The molecule has 0 fully saturated rings. The van der Waals surface area contributed by atoms with Gasteiger partial charge in [-0.25, -0.2) is 4.79 Å². The number of nitro groups is 1. The van der Waals surface area contributed by atoms with Crippen LogP contribution in [-0.4, -0.2) is 38.4 Å². The Bertz CT molecular complexity index is 1350. The average molecular weight is 444 g/mol. The normalized spacial score (nSPS) is 14.5. The van der Waals surface area contributed by atoms with Gasteiger partial charge in [0.25, 0.3) is 11.6 Å². The molecule has 0 saturated heterocycles. The fraction of sp³-hybridized carbons (Fsp3) is 0.0435. The molecule has 2 aromatic carbocycles. The lowest BCUT2D eigenvalue weighted by Gasteiger charge is -2.11. The van der Waals surface area contributed by atoms with Crippen LogP contribution in [0.1, 0.15) is 38.9 Å². The molecule has 2 heterocycles. The number of benzene rings is 2. The second-order valence-electron chi connectivity index (χ2n) is 7.19. The van der Waals surface area contributed by atoms with Crippen LogP contribution in [0.25, 0.3) is 6.08 Å². The van der Waals surface area contributed by atoms with Crippen LogP contribution in [0.5, 0.6) is 0 Å². The number of aromatic carboxylic acids is 1. The van der Waals surface area contributed by atoms with Gasteiger partial charge < -0.3 is 10.1 Å². The first kappa shape index (κ1) is 21.4. The summed E-state index contributed by atoms with van der Waals surface area (Å²) < 4.78 is 0. The maximum absolute atomic E-state index is 12.9. The van der Waals surface area contributed by atoms with Crippen molar-refractivity contribution < 1.29 is 24.4 Å². The molecule has 10 heteroatoms. The number of rotatable bonds is 6. The third-order valence-electron chi connectivity index (χ3n) is 5.03. The molecule has 1 aliphatic heterocycles. The smallest absolute Gasteiger partial charge is 0.335 e. The molecule has 1 aliphatic rings. The van der Waals surface area contributed by atoms with Crippen LogP contribution in [0.2, 0.25) is 0 Å². The molecule has 0 radical (unpaired) electrons. The molecule has 1 aromatic heterocycles. The Morgan fingerprint density at radius 3 is 2.30 bits per heavy atom. The standard InChI is InChI=1S/C23H16N4O6/c1-13-20(22(29)26(25-13)18-6-4-15(5-7-18)23(30)31)11-17-10-16(12-24-17)21(28)14-2-8-19(9-3-14)27(32)33/h2-12,24H,1H3,(H,30,31)/b20-11-. The van der Waals surface area contributed by atoms with Crippen LogP contribution in [0.4, 0.5) is 11.4 Å². The summed E-state index contributed by atoms with van der Waals surface area (Å²) in [6, 6.07) is 12.6. The van der Waals surface area contributed by atoms with Gasteiger partial charge in [0, 0.05) is 35.2 Å². The van der Waals surface area contributed by atoms with Gasteiger partial charge in [-0.05, 0) is 55.5 Å². The number of carboxylic acid groups (broad SMARTS) is 1. The summed E-state index contributed by atoms with van der Waals surface area (Å²) in [5.41, 5.74) is 2.31. The zero-order chi connectivity index (χ0) is 23.7. The first-order valence-corrected chi connectivity index (χ1v) is 9.67. The van der Waals surface area contributed by atoms with E-state index in [-0.39, 0.29) is 17.0 Å². The van der Waals surface area contributed by atoms with Crippen molar-refractivity contribution in [3.05, 3.63) is 98.9 Å². The number of nitrogens with one attached hydrogen (secondary N) is 1. The fourth-order valence-electron chi connectivity index (χ4n) is 3.29. The minimum absolute atomic E-state index is 0.0958. The van der Waals surface area contributed by atoms with Crippen LogP contribution in [0.15, 0.2) is 71.5 Å². The van der Waals surface area contributed by atoms with Crippen molar-refractivity contribution in [1.82, 2.24) is 4.98 Å². The molecule has 164 valence electrons. The average Bonchev–Trinajstić information content (AvgIpc) is 3.39. The minimum Gasteiger partial charge on any atom is -0.478 e. The summed E-state index contributed by atoms with van der Waals surface area (Å²) in [5.74, 6) is -1.79. The maximum atomic E-state index is 12.9. The molecular formula is C23H16N4O6. The highest BCUT2D eigenvalue weighted by molar-refractivity contribution is 6.32. The van der Waals surface area contributed by atoms with Gasteiger partial charge in [-0.3, -0.25) is 19.7 Å². The molecule has 0 atom stereocenters. The van der Waals surface area contributed by atoms with E-state index in [0.717, 1.165) is 0 Å². The summed E-state index contributed by atoms with van der Waals surface area (Å²) >= 11 is 0. The van der Waals surface area contributed by atoms with Gasteiger partial charge >= 0.3 is 5.97 Å². The zero-order valence-corrected chi connectivity index (χ0v) is 17.2. The molecule has 4 rings (SSSR count). The van der Waals surface area contributed by atoms with E-state index in [9.17, 15) is 24.5 Å². The summed E-state index contributed by atoms with van der Waals surface area (Å²) in [7, 11) is 0. The molecule has 0 aliphatic carbocycles. The van der Waals surface area contributed by atoms with Crippen molar-refractivity contribution in [2.24, 2.45) is 5.10 Å². The van der Waals surface area contributed by atoms with E-state index in [1.165, 1.54) is 59.7 Å². The summed E-state index contributed by atoms with van der Waals surface area (Å²) in [4.78, 5) is 49.7. The summed E-state index contributed by atoms with van der Waals surface area (Å²) in [6.07, 6.45) is 3.06. The molecule has 2 N–H and O–H groups in total. The van der Waals surface area contributed by atoms with Crippen molar-refractivity contribution >= 4 is 40.8 Å². The van der Waals surface area contributed by atoms with Crippen molar-refractivity contribution in [2.75, 3.05) is 5.01 Å². The molecule has 0 unspecified atom stereocenters. The first-order valence-electron chi connectivity index (χ1n) is 9.67. The van der Waals surface area contributed by atoms with Crippen LogP contribution >= 0.6 is 0 Å². The number of nitro benzene ring substituents is 1. The van der Waals surface area contributed by atoms with Gasteiger partial charge in [0.1, 0.15) is 0 Å². The quantitative estimate of drug-likeness (QED) is 0.257. The molecule has 3 aromatic rings. The molecule has 33 heavy (non-hydrogen) atoms. The second kappa shape index (κ2) is 8.35. The van der Waals surface area contributed by atoms with Crippen LogP contribution in [-0.2, 0) is 4.79 Å². The van der Waals surface area contributed by atoms with Crippen molar-refractivity contribution in [1.29, 1.82) is 0 Å². The van der Waals surface area contributed by atoms with E-state index in [4.69, 9.17) is 5.11 Å². The Hall–Kier alpha value is -4.86. The number of hydrogen-bond acceptors (Lipinski definition) is 6. The highest BCUT2D eigenvalue weighted by Gasteiger charge is 2.29. The minimum atomic E-state index is -1.07. The van der Waals surface area contributed by atoms with Crippen molar-refractivity contribution in [2.45, 2.75) is 6.92 Å². The van der Waals surface area contributed by atoms with E-state index in [1.807, 2.05) is 0 Å². The Kier molecular flexibility index (Phi) is 5.41. The highest BCUT2D eigenvalue weighted by Crippen LogP contribution is 2.25. The molecule has 10 nitrogen and oxygen atoms in total. The van der Waals surface area contributed by atoms with Crippen LogP contribution in [0, 0.1) is 10.1 Å². The number of ketones is 1. The third-order valence-corrected chi connectivity index (χ3v) is 5.03. The number of carbonyl (C=O) groups is 3. The van der Waals surface area contributed by atoms with Gasteiger partial charge in [-0.1, -0.05) is 0 Å². The lowest BCUT2D eigenvalue weighted by molar-refractivity contribution is -0.384. The Labute approximate surface area is 186 Å². The number of H-pyrrole nitrogens is 1. The third kappa shape index (κ3) is 4.17. The predicted molar refractivity (Wildman–Crippen MR) is 119 cm³/mol. The highest BCUT2D eigenvalue weighted by atomic mass is 16.6. The lowest BCUT2D eigenvalue weighted by Crippen LogP contribution is -2.21. The van der Waals surface area contributed by atoms with E-state index in [2.05, 4.69) is 10.1 Å². The van der Waals surface area contributed by atoms with Crippen LogP contribution in [0.3, 0.4) is 0 Å². The predicted octanol–water partition coefficient (Wildman–Crippen LogP) is 3.66. The number of aromatic nitrogens is 1. The Morgan fingerprint density at radius 2 is 1.70 bits per heavy atom. The zero-order valence-electron chi connectivity index (χ0n) is 17.2. The van der Waals surface area contributed by atoms with Crippen molar-refractivity contribution in [3.8, 4) is 0 Å². The van der Waals surface area contributed by atoms with Crippen LogP contribution < -0.4 is 5.01 Å². The number of amides is 1. The Morgan fingerprint density at radius 1 is 1.06 bits per heavy atom. The number of aromatic amines is 1. The van der Waals surface area contributed by atoms with E-state index in [0.29, 0.717) is 33.8 Å². The van der Waals surface area contributed by atoms with Gasteiger partial charge in [0.15, 0.2) is 5.78 Å². The number of hydrogen-bond donors (Lipinski definition) is 2. The lowest BCUT2D eigenvalue weighted by atomic mass is 10.0. The summed E-state index contributed by atoms with van der Waals surface area (Å²) in [6.45, 7) is 1.67. The topological polar surface area (TPSA) is 146 Å². The largest absolute Gasteiger partial charge is 0.478 e. The first-order chi connectivity index (χ1) is 15.7. The Balaban J connectivity index is 1.54. The fourth-order valence-corrected chi connectivity index (χ4v) is 3.29. The van der Waals surface area contributed by atoms with E-state index in [1.54, 1.807) is 19.1 Å². The molecule has 0 saturated carbocycles. The van der Waals surface area contributed by atoms with Gasteiger partial charge in [-0.15, -0.1) is 0 Å². The molecular weight excluding hydrogens is 428 g/mol. The van der Waals surface area contributed by atoms with E-state index < -0.39 is 16.8 Å². The number of hydrazone groups is 1. The van der Waals surface area contributed by atoms with Crippen molar-refractivity contribution in [3.63, 3.8) is 0 Å². The molecule has 1 amide bonds. The second-order valence-corrected chi connectivity index (χ2v) is 7.19. The SMILES string of the molecule is CC1=NN(c2ccc(C(=O)O)cc2)C(=O)/C1=C\c1cc(C(=O)c2ccc([N+](=O)[O-])cc2)c[nH]1.